The van der Waals surface area contributed by atoms with E-state index in [-0.39, 0.29) is 5.91 Å². The van der Waals surface area contributed by atoms with Crippen LogP contribution >= 0.6 is 0 Å². The van der Waals surface area contributed by atoms with Gasteiger partial charge in [-0.1, -0.05) is 31.9 Å². The molecule has 1 amide bonds. The van der Waals surface area contributed by atoms with Crippen LogP contribution in [0.25, 0.3) is 0 Å². The number of nitrogens with one attached hydrogen (secondary N) is 3. The Bertz CT molecular complexity index is 606. The quantitative estimate of drug-likeness (QED) is 0.492. The molecule has 5 nitrogen and oxygen atoms in total. The largest absolute Gasteiger partial charge is 0.357 e. The van der Waals surface area contributed by atoms with E-state index in [2.05, 4.69) is 29.8 Å². The minimum atomic E-state index is -0.0329. The number of hydrogen-bond donors (Lipinski definition) is 3. The van der Waals surface area contributed by atoms with E-state index < -0.39 is 0 Å². The number of hydrogen-bond acceptors (Lipinski definition) is 2. The second-order valence-corrected chi connectivity index (χ2v) is 7.17. The molecular weight excluding hydrogens is 324 g/mol. The van der Waals surface area contributed by atoms with Crippen LogP contribution in [0.1, 0.15) is 68.8 Å². The number of carbonyl (C=O) groups excluding carboxylic acids is 1. The molecule has 0 saturated heterocycles. The molecule has 3 N–H and O–H groups in total. The molecule has 0 bridgehead atoms. The summed E-state index contributed by atoms with van der Waals surface area (Å²) in [5.74, 6) is 0.824. The van der Waals surface area contributed by atoms with E-state index in [4.69, 9.17) is 4.99 Å². The van der Waals surface area contributed by atoms with Gasteiger partial charge in [0.2, 0.25) is 0 Å². The van der Waals surface area contributed by atoms with Crippen molar-refractivity contribution >= 4 is 11.9 Å². The Balaban J connectivity index is 2.00. The monoisotopic (exact) mass is 358 g/mol. The summed E-state index contributed by atoms with van der Waals surface area (Å²) in [6.07, 6.45) is 6.52. The Hall–Kier alpha value is -2.04. The van der Waals surface area contributed by atoms with Gasteiger partial charge in [-0.25, -0.2) is 4.99 Å². The number of guanidine groups is 1. The van der Waals surface area contributed by atoms with Crippen molar-refractivity contribution in [2.24, 2.45) is 10.4 Å². The Morgan fingerprint density at radius 2 is 1.81 bits per heavy atom. The van der Waals surface area contributed by atoms with Gasteiger partial charge in [0.1, 0.15) is 0 Å². The Kier molecular flexibility index (Phi) is 7.95. The summed E-state index contributed by atoms with van der Waals surface area (Å²) in [5, 5.41) is 9.71. The summed E-state index contributed by atoms with van der Waals surface area (Å²) in [6.45, 7) is 9.31. The Morgan fingerprint density at radius 3 is 2.46 bits per heavy atom. The van der Waals surface area contributed by atoms with Crippen molar-refractivity contribution in [2.75, 3.05) is 19.6 Å². The molecule has 5 heteroatoms. The van der Waals surface area contributed by atoms with Crippen molar-refractivity contribution < 1.29 is 4.79 Å². The summed E-state index contributed by atoms with van der Waals surface area (Å²) in [5.41, 5.74) is 2.15. The van der Waals surface area contributed by atoms with Crippen LogP contribution in [0.15, 0.2) is 29.3 Å². The fourth-order valence-corrected chi connectivity index (χ4v) is 3.64. The van der Waals surface area contributed by atoms with Gasteiger partial charge >= 0.3 is 0 Å². The molecule has 2 rings (SSSR count). The molecule has 1 aromatic carbocycles. The van der Waals surface area contributed by atoms with E-state index in [1.54, 1.807) is 0 Å². The normalized spacial score (nSPS) is 16.3. The van der Waals surface area contributed by atoms with Crippen LogP contribution in [0, 0.1) is 5.41 Å². The summed E-state index contributed by atoms with van der Waals surface area (Å²) in [7, 11) is 0. The third-order valence-corrected chi connectivity index (χ3v) is 5.34. The van der Waals surface area contributed by atoms with Crippen molar-refractivity contribution in [3.05, 3.63) is 35.4 Å². The van der Waals surface area contributed by atoms with E-state index >= 15 is 0 Å². The molecule has 26 heavy (non-hydrogen) atoms. The van der Waals surface area contributed by atoms with Crippen LogP contribution in [0.3, 0.4) is 0 Å². The minimum Gasteiger partial charge on any atom is -0.357 e. The summed E-state index contributed by atoms with van der Waals surface area (Å²) < 4.78 is 0. The topological polar surface area (TPSA) is 65.5 Å². The summed E-state index contributed by atoms with van der Waals surface area (Å²) in [4.78, 5) is 16.7. The molecule has 144 valence electrons. The smallest absolute Gasteiger partial charge is 0.251 e. The maximum absolute atomic E-state index is 12.0. The zero-order valence-corrected chi connectivity index (χ0v) is 16.5. The third-order valence-electron chi connectivity index (χ3n) is 5.34. The molecule has 0 radical (unpaired) electrons. The van der Waals surface area contributed by atoms with Crippen molar-refractivity contribution in [1.29, 1.82) is 0 Å². The van der Waals surface area contributed by atoms with Gasteiger partial charge in [0.25, 0.3) is 5.91 Å². The van der Waals surface area contributed by atoms with E-state index in [0.29, 0.717) is 24.1 Å². The Morgan fingerprint density at radius 1 is 1.08 bits per heavy atom. The van der Waals surface area contributed by atoms with Crippen LogP contribution in [0.2, 0.25) is 0 Å². The first kappa shape index (κ1) is 20.3. The fourth-order valence-electron chi connectivity index (χ4n) is 3.64. The molecule has 0 unspecified atom stereocenters. The van der Waals surface area contributed by atoms with Gasteiger partial charge in [-0.2, -0.15) is 0 Å². The first-order chi connectivity index (χ1) is 12.6. The molecule has 1 aliphatic carbocycles. The highest BCUT2D eigenvalue weighted by Crippen LogP contribution is 2.40. The second kappa shape index (κ2) is 10.2. The van der Waals surface area contributed by atoms with Crippen LogP contribution in [-0.4, -0.2) is 31.5 Å². The molecule has 1 aliphatic rings. The standard InChI is InChI=1S/C21H34N4O/c1-4-21(12-7-8-13-21)16-25-20(23-6-3)24-15-17-10-9-11-18(14-17)19(26)22-5-2/h9-11,14H,4-8,12-13,15-16H2,1-3H3,(H,22,26)(H2,23,24,25). The zero-order valence-electron chi connectivity index (χ0n) is 16.5. The molecule has 1 aromatic rings. The van der Waals surface area contributed by atoms with Crippen molar-refractivity contribution in [3.8, 4) is 0 Å². The van der Waals surface area contributed by atoms with Crippen LogP contribution in [-0.2, 0) is 6.54 Å². The number of nitrogens with zero attached hydrogens (tertiary/aromatic N) is 1. The van der Waals surface area contributed by atoms with Crippen molar-refractivity contribution in [1.82, 2.24) is 16.0 Å². The first-order valence-electron chi connectivity index (χ1n) is 10.0. The maximum atomic E-state index is 12.0. The van der Waals surface area contributed by atoms with E-state index in [1.165, 1.54) is 32.1 Å². The molecule has 0 aliphatic heterocycles. The summed E-state index contributed by atoms with van der Waals surface area (Å²) in [6, 6.07) is 7.69. The lowest BCUT2D eigenvalue weighted by Gasteiger charge is -2.28. The van der Waals surface area contributed by atoms with Crippen LogP contribution < -0.4 is 16.0 Å². The van der Waals surface area contributed by atoms with Crippen molar-refractivity contribution in [3.63, 3.8) is 0 Å². The van der Waals surface area contributed by atoms with Gasteiger partial charge in [0, 0.05) is 25.2 Å². The lowest BCUT2D eigenvalue weighted by atomic mass is 9.83. The fraction of sp³-hybridized carbons (Fsp3) is 0.619. The SMILES string of the molecule is CCNC(=O)c1cccc(CN=C(NCC)NCC2(CC)CCCC2)c1. The number of carbonyl (C=O) groups is 1. The third kappa shape index (κ3) is 5.75. The predicted octanol–water partition coefficient (Wildman–Crippen LogP) is 3.46. The summed E-state index contributed by atoms with van der Waals surface area (Å²) >= 11 is 0. The molecule has 0 atom stereocenters. The van der Waals surface area contributed by atoms with E-state index in [0.717, 1.165) is 24.6 Å². The number of rotatable bonds is 8. The van der Waals surface area contributed by atoms with Gasteiger partial charge in [0.05, 0.1) is 6.54 Å². The minimum absolute atomic E-state index is 0.0329. The highest BCUT2D eigenvalue weighted by Gasteiger charge is 2.31. The second-order valence-electron chi connectivity index (χ2n) is 7.17. The zero-order chi connectivity index (χ0) is 18.8. The number of aliphatic imine (C=N–C) groups is 1. The van der Waals surface area contributed by atoms with Crippen LogP contribution in [0.4, 0.5) is 0 Å². The van der Waals surface area contributed by atoms with Gasteiger partial charge in [-0.05, 0) is 56.2 Å². The van der Waals surface area contributed by atoms with Gasteiger partial charge in [-0.3, -0.25) is 4.79 Å². The number of benzene rings is 1. The number of amides is 1. The first-order valence-corrected chi connectivity index (χ1v) is 10.0. The molecule has 0 heterocycles. The van der Waals surface area contributed by atoms with Crippen LogP contribution in [0.5, 0.6) is 0 Å². The predicted molar refractivity (Wildman–Crippen MR) is 108 cm³/mol. The highest BCUT2D eigenvalue weighted by molar-refractivity contribution is 5.94. The van der Waals surface area contributed by atoms with Gasteiger partial charge < -0.3 is 16.0 Å². The maximum Gasteiger partial charge on any atom is 0.251 e. The van der Waals surface area contributed by atoms with E-state index in [9.17, 15) is 4.79 Å². The highest BCUT2D eigenvalue weighted by atomic mass is 16.1. The van der Waals surface area contributed by atoms with E-state index in [1.807, 2.05) is 31.2 Å². The van der Waals surface area contributed by atoms with Gasteiger partial charge in [0.15, 0.2) is 5.96 Å². The molecular formula is C21H34N4O. The molecule has 1 fully saturated rings. The lowest BCUT2D eigenvalue weighted by Crippen LogP contribution is -2.42. The Labute approximate surface area is 158 Å². The van der Waals surface area contributed by atoms with Gasteiger partial charge in [-0.15, -0.1) is 0 Å². The van der Waals surface area contributed by atoms with Crippen molar-refractivity contribution in [2.45, 2.75) is 59.4 Å². The molecule has 0 aromatic heterocycles. The average molecular weight is 359 g/mol. The lowest BCUT2D eigenvalue weighted by molar-refractivity contribution is 0.0955. The molecule has 1 saturated carbocycles. The molecule has 0 spiro atoms. The average Bonchev–Trinajstić information content (AvgIpc) is 3.14.